The van der Waals surface area contributed by atoms with Crippen LogP contribution in [0.2, 0.25) is 0 Å². The SMILES string of the molecule is C=C1CC[C@H]2C(C)(C)CCC[C@]2(C)C1C/C=C(/C=O)CC(=O)OCc1cn(Cc2ccccc2-c2ccccc2)nn1. The van der Waals surface area contributed by atoms with E-state index in [4.69, 9.17) is 4.74 Å². The molecular weight excluding hydrogens is 522 g/mol. The first kappa shape index (κ1) is 29.7. The highest BCUT2D eigenvalue weighted by atomic mass is 16.5. The summed E-state index contributed by atoms with van der Waals surface area (Å²) in [6.45, 7) is 12.2. The number of rotatable bonds is 10. The van der Waals surface area contributed by atoms with Crippen LogP contribution in [0.5, 0.6) is 0 Å². The second-order valence-electron chi connectivity index (χ2n) is 13.1. The van der Waals surface area contributed by atoms with Gasteiger partial charge < -0.3 is 4.74 Å². The van der Waals surface area contributed by atoms with Crippen LogP contribution in [0.25, 0.3) is 11.1 Å². The summed E-state index contributed by atoms with van der Waals surface area (Å²) in [5, 5.41) is 8.43. The van der Waals surface area contributed by atoms with Crippen molar-refractivity contribution < 1.29 is 14.3 Å². The van der Waals surface area contributed by atoms with Gasteiger partial charge in [-0.25, -0.2) is 4.68 Å². The van der Waals surface area contributed by atoms with Crippen LogP contribution in [-0.2, 0) is 27.5 Å². The van der Waals surface area contributed by atoms with E-state index in [1.54, 1.807) is 10.9 Å². The number of aldehydes is 1. The molecule has 3 atom stereocenters. The third-order valence-electron chi connectivity index (χ3n) is 9.84. The van der Waals surface area contributed by atoms with Crippen molar-refractivity contribution in [3.05, 3.63) is 95.9 Å². The Morgan fingerprint density at radius 3 is 2.64 bits per heavy atom. The number of ether oxygens (including phenoxy) is 1. The smallest absolute Gasteiger partial charge is 0.310 e. The first-order valence-corrected chi connectivity index (χ1v) is 15.2. The van der Waals surface area contributed by atoms with Gasteiger partial charge in [0.05, 0.1) is 19.2 Å². The van der Waals surface area contributed by atoms with Gasteiger partial charge in [-0.2, -0.15) is 0 Å². The molecular formula is C36H43N3O3. The number of esters is 1. The van der Waals surface area contributed by atoms with Crippen LogP contribution in [0.4, 0.5) is 0 Å². The van der Waals surface area contributed by atoms with E-state index in [0.717, 1.165) is 35.8 Å². The number of hydrogen-bond donors (Lipinski definition) is 0. The fourth-order valence-electron chi connectivity index (χ4n) is 7.73. The predicted molar refractivity (Wildman–Crippen MR) is 165 cm³/mol. The molecule has 0 bridgehead atoms. The molecule has 2 aliphatic rings. The Balaban J connectivity index is 1.17. The molecule has 0 aliphatic heterocycles. The lowest BCUT2D eigenvalue weighted by atomic mass is 9.47. The third kappa shape index (κ3) is 6.48. The molecule has 0 spiro atoms. The molecule has 1 heterocycles. The van der Waals surface area contributed by atoms with Gasteiger partial charge in [0.1, 0.15) is 18.6 Å². The molecule has 2 saturated carbocycles. The molecule has 0 N–H and O–H groups in total. The molecule has 2 aromatic carbocycles. The average molecular weight is 566 g/mol. The quantitative estimate of drug-likeness (QED) is 0.109. The number of nitrogens with zero attached hydrogens (tertiary/aromatic N) is 3. The zero-order valence-electron chi connectivity index (χ0n) is 25.2. The normalized spacial score (nSPS) is 23.7. The molecule has 3 aromatic rings. The van der Waals surface area contributed by atoms with E-state index in [-0.39, 0.29) is 18.4 Å². The summed E-state index contributed by atoms with van der Waals surface area (Å²) in [4.78, 5) is 24.6. The Morgan fingerprint density at radius 2 is 1.86 bits per heavy atom. The average Bonchev–Trinajstić information content (AvgIpc) is 3.42. The maximum atomic E-state index is 12.7. The van der Waals surface area contributed by atoms with Crippen molar-refractivity contribution in [3.8, 4) is 11.1 Å². The van der Waals surface area contributed by atoms with Gasteiger partial charge in [-0.1, -0.05) is 105 Å². The Hall–Kier alpha value is -3.80. The van der Waals surface area contributed by atoms with E-state index in [1.807, 2.05) is 36.4 Å². The maximum Gasteiger partial charge on any atom is 0.310 e. The van der Waals surface area contributed by atoms with Gasteiger partial charge in [-0.15, -0.1) is 5.10 Å². The van der Waals surface area contributed by atoms with Gasteiger partial charge in [-0.3, -0.25) is 9.59 Å². The van der Waals surface area contributed by atoms with Gasteiger partial charge >= 0.3 is 5.97 Å². The predicted octanol–water partition coefficient (Wildman–Crippen LogP) is 7.74. The summed E-state index contributed by atoms with van der Waals surface area (Å²) in [5.74, 6) is 0.527. The topological polar surface area (TPSA) is 74.1 Å². The van der Waals surface area contributed by atoms with Crippen LogP contribution < -0.4 is 0 Å². The fraction of sp³-hybridized carbons (Fsp3) is 0.444. The minimum atomic E-state index is -0.442. The van der Waals surface area contributed by atoms with Crippen molar-refractivity contribution in [3.63, 3.8) is 0 Å². The molecule has 42 heavy (non-hydrogen) atoms. The van der Waals surface area contributed by atoms with Crippen LogP contribution in [0.15, 0.2) is 84.6 Å². The fourth-order valence-corrected chi connectivity index (χ4v) is 7.73. The van der Waals surface area contributed by atoms with Crippen LogP contribution in [0.1, 0.15) is 77.0 Å². The molecule has 0 amide bonds. The molecule has 2 aliphatic carbocycles. The van der Waals surface area contributed by atoms with Gasteiger partial charge in [0.25, 0.3) is 0 Å². The number of allylic oxidation sites excluding steroid dienone is 2. The lowest BCUT2D eigenvalue weighted by Gasteiger charge is -2.58. The van der Waals surface area contributed by atoms with Crippen molar-refractivity contribution in [2.75, 3.05) is 0 Å². The van der Waals surface area contributed by atoms with Crippen molar-refractivity contribution in [2.24, 2.45) is 22.7 Å². The second-order valence-corrected chi connectivity index (χ2v) is 13.1. The minimum absolute atomic E-state index is 0.0135. The van der Waals surface area contributed by atoms with Crippen LogP contribution in [-0.4, -0.2) is 27.2 Å². The first-order valence-electron chi connectivity index (χ1n) is 15.2. The summed E-state index contributed by atoms with van der Waals surface area (Å²) < 4.78 is 7.24. The zero-order valence-corrected chi connectivity index (χ0v) is 25.2. The molecule has 0 saturated heterocycles. The van der Waals surface area contributed by atoms with E-state index in [9.17, 15) is 9.59 Å². The standard InChI is InChI=1S/C36H43N3O3/c1-26-15-18-33-35(2,3)19-10-20-36(33,4)32(26)17-16-27(24-40)21-34(41)42-25-30-23-39(38-37-30)22-29-13-8-9-14-31(29)28-11-6-5-7-12-28/h5-9,11-14,16,23-24,32-33H,1,10,15,17-22,25H2,2-4H3/b27-16+/t32?,33-,36+/m0/s1. The molecule has 6 heteroatoms. The van der Waals surface area contributed by atoms with Crippen LogP contribution in [0.3, 0.4) is 0 Å². The van der Waals surface area contributed by atoms with Crippen molar-refractivity contribution >= 4 is 12.3 Å². The van der Waals surface area contributed by atoms with Crippen molar-refractivity contribution in [1.29, 1.82) is 0 Å². The molecule has 1 aromatic heterocycles. The Bertz CT molecular complexity index is 1450. The number of carbonyl (C=O) groups excluding carboxylic acids is 2. The van der Waals surface area contributed by atoms with E-state index < -0.39 is 5.97 Å². The van der Waals surface area contributed by atoms with E-state index in [0.29, 0.717) is 35.1 Å². The highest BCUT2D eigenvalue weighted by Crippen LogP contribution is 2.61. The maximum absolute atomic E-state index is 12.7. The first-order chi connectivity index (χ1) is 20.2. The monoisotopic (exact) mass is 565 g/mol. The van der Waals surface area contributed by atoms with Gasteiger partial charge in [0.2, 0.25) is 0 Å². The summed E-state index contributed by atoms with van der Waals surface area (Å²) in [5.41, 5.74) is 6.22. The summed E-state index contributed by atoms with van der Waals surface area (Å²) >= 11 is 0. The largest absolute Gasteiger partial charge is 0.459 e. The van der Waals surface area contributed by atoms with Crippen LogP contribution >= 0.6 is 0 Å². The number of hydrogen-bond acceptors (Lipinski definition) is 5. The summed E-state index contributed by atoms with van der Waals surface area (Å²) in [6, 6.07) is 18.5. The Kier molecular flexibility index (Phi) is 8.91. The Labute approximate surface area is 249 Å². The molecule has 220 valence electrons. The number of carbonyl (C=O) groups is 2. The molecule has 0 radical (unpaired) electrons. The molecule has 1 unspecified atom stereocenters. The van der Waals surface area contributed by atoms with E-state index >= 15 is 0 Å². The van der Waals surface area contributed by atoms with Gasteiger partial charge in [0.15, 0.2) is 0 Å². The van der Waals surface area contributed by atoms with Gasteiger partial charge in [-0.05, 0) is 77.0 Å². The zero-order chi connectivity index (χ0) is 29.7. The molecule has 2 fully saturated rings. The van der Waals surface area contributed by atoms with E-state index in [1.165, 1.54) is 31.3 Å². The number of fused-ring (bicyclic) bond motifs is 1. The molecule has 6 nitrogen and oxygen atoms in total. The lowest BCUT2D eigenvalue weighted by Crippen LogP contribution is -2.49. The lowest BCUT2D eigenvalue weighted by molar-refractivity contribution is -0.144. The summed E-state index contributed by atoms with van der Waals surface area (Å²) in [6.07, 6.45) is 11.1. The number of benzene rings is 2. The summed E-state index contributed by atoms with van der Waals surface area (Å²) in [7, 11) is 0. The van der Waals surface area contributed by atoms with Crippen LogP contribution in [0, 0.1) is 22.7 Å². The highest BCUT2D eigenvalue weighted by Gasteiger charge is 2.52. The molecule has 5 rings (SSSR count). The van der Waals surface area contributed by atoms with Crippen molar-refractivity contribution in [2.45, 2.75) is 78.9 Å². The van der Waals surface area contributed by atoms with Crippen molar-refractivity contribution in [1.82, 2.24) is 15.0 Å². The highest BCUT2D eigenvalue weighted by molar-refractivity contribution is 5.84. The van der Waals surface area contributed by atoms with Gasteiger partial charge in [0, 0.05) is 0 Å². The van der Waals surface area contributed by atoms with E-state index in [2.05, 4.69) is 61.9 Å². The number of aromatic nitrogens is 3. The Morgan fingerprint density at radius 1 is 1.10 bits per heavy atom. The third-order valence-corrected chi connectivity index (χ3v) is 9.84. The minimum Gasteiger partial charge on any atom is -0.459 e. The second kappa shape index (κ2) is 12.6.